The van der Waals surface area contributed by atoms with E-state index in [1.165, 1.54) is 6.42 Å². The minimum absolute atomic E-state index is 0.600. The van der Waals surface area contributed by atoms with E-state index in [1.54, 1.807) is 0 Å². The van der Waals surface area contributed by atoms with Gasteiger partial charge in [-0.25, -0.2) is 0 Å². The van der Waals surface area contributed by atoms with E-state index in [1.807, 2.05) is 0 Å². The van der Waals surface area contributed by atoms with Crippen molar-refractivity contribution in [1.29, 1.82) is 0 Å². The molecule has 9 heavy (non-hydrogen) atoms. The molecule has 0 N–H and O–H groups in total. The van der Waals surface area contributed by atoms with E-state index in [0.717, 1.165) is 12.5 Å². The molecule has 52 valence electrons. The standard InChI is InChI=1S/C7H14N2/c1-6-4-5-9(8-3)7(6)2/h6-7H,3-5H2,1-2H3/t6?,7-/m1/s1. The molecule has 1 rings (SSSR count). The molecule has 1 heterocycles. The average molecular weight is 126 g/mol. The summed E-state index contributed by atoms with van der Waals surface area (Å²) in [5.41, 5.74) is 0. The van der Waals surface area contributed by atoms with E-state index in [4.69, 9.17) is 0 Å². The van der Waals surface area contributed by atoms with Crippen LogP contribution in [-0.2, 0) is 0 Å². The highest BCUT2D eigenvalue weighted by atomic mass is 15.5. The fraction of sp³-hybridized carbons (Fsp3) is 0.857. The molecule has 0 radical (unpaired) electrons. The van der Waals surface area contributed by atoms with Crippen LogP contribution < -0.4 is 0 Å². The molecule has 0 aliphatic carbocycles. The summed E-state index contributed by atoms with van der Waals surface area (Å²) in [5, 5.41) is 5.96. The van der Waals surface area contributed by atoms with E-state index < -0.39 is 0 Å². The number of hydrogen-bond donors (Lipinski definition) is 0. The van der Waals surface area contributed by atoms with Crippen molar-refractivity contribution in [3.8, 4) is 0 Å². The minimum atomic E-state index is 0.600. The van der Waals surface area contributed by atoms with Gasteiger partial charge >= 0.3 is 0 Å². The summed E-state index contributed by atoms with van der Waals surface area (Å²) < 4.78 is 0. The second-order valence-corrected chi connectivity index (χ2v) is 2.81. The fourth-order valence-electron chi connectivity index (χ4n) is 1.27. The molecule has 1 fully saturated rings. The first-order valence-electron chi connectivity index (χ1n) is 3.49. The van der Waals surface area contributed by atoms with Crippen LogP contribution in [0.25, 0.3) is 0 Å². The Kier molecular flexibility index (Phi) is 1.74. The summed E-state index contributed by atoms with van der Waals surface area (Å²) in [4.78, 5) is 0. The van der Waals surface area contributed by atoms with E-state index in [2.05, 4.69) is 30.7 Å². The molecule has 0 spiro atoms. The van der Waals surface area contributed by atoms with Crippen LogP contribution in [0.15, 0.2) is 5.10 Å². The summed E-state index contributed by atoms with van der Waals surface area (Å²) in [6.45, 7) is 9.05. The van der Waals surface area contributed by atoms with E-state index in [0.29, 0.717) is 6.04 Å². The largest absolute Gasteiger partial charge is 0.295 e. The lowest BCUT2D eigenvalue weighted by atomic mass is 10.1. The number of hydrogen-bond acceptors (Lipinski definition) is 2. The summed E-state index contributed by atoms with van der Waals surface area (Å²) >= 11 is 0. The highest BCUT2D eigenvalue weighted by molar-refractivity contribution is 5.22. The first-order valence-corrected chi connectivity index (χ1v) is 3.49. The van der Waals surface area contributed by atoms with Gasteiger partial charge < -0.3 is 0 Å². The lowest BCUT2D eigenvalue weighted by molar-refractivity contribution is 0.262. The Labute approximate surface area is 56.5 Å². The molecule has 2 atom stereocenters. The van der Waals surface area contributed by atoms with Crippen molar-refractivity contribution in [3.63, 3.8) is 0 Å². The van der Waals surface area contributed by atoms with Gasteiger partial charge in [-0.2, -0.15) is 5.10 Å². The monoisotopic (exact) mass is 126 g/mol. The Morgan fingerprint density at radius 2 is 2.22 bits per heavy atom. The van der Waals surface area contributed by atoms with Crippen molar-refractivity contribution < 1.29 is 0 Å². The Bertz CT molecular complexity index is 111. The van der Waals surface area contributed by atoms with Crippen molar-refractivity contribution in [3.05, 3.63) is 0 Å². The molecule has 0 aromatic heterocycles. The van der Waals surface area contributed by atoms with Crippen molar-refractivity contribution in [1.82, 2.24) is 5.01 Å². The van der Waals surface area contributed by atoms with Gasteiger partial charge in [0, 0.05) is 19.3 Å². The molecular formula is C7H14N2. The topological polar surface area (TPSA) is 15.6 Å². The predicted molar refractivity (Wildman–Crippen MR) is 39.5 cm³/mol. The molecule has 0 bridgehead atoms. The Morgan fingerprint density at radius 3 is 2.44 bits per heavy atom. The maximum Gasteiger partial charge on any atom is 0.0468 e. The summed E-state index contributed by atoms with van der Waals surface area (Å²) in [5.74, 6) is 0.787. The first-order chi connectivity index (χ1) is 4.25. The van der Waals surface area contributed by atoms with Gasteiger partial charge in [-0.05, 0) is 19.3 Å². The molecule has 2 nitrogen and oxygen atoms in total. The molecule has 0 aromatic rings. The van der Waals surface area contributed by atoms with Crippen LogP contribution in [0.3, 0.4) is 0 Å². The quantitative estimate of drug-likeness (QED) is 0.484. The normalized spacial score (nSPS) is 35.1. The zero-order valence-corrected chi connectivity index (χ0v) is 6.17. The highest BCUT2D eigenvalue weighted by Crippen LogP contribution is 2.22. The Balaban J connectivity index is 2.50. The van der Waals surface area contributed by atoms with Gasteiger partial charge in [0.2, 0.25) is 0 Å². The van der Waals surface area contributed by atoms with E-state index in [9.17, 15) is 0 Å². The first kappa shape index (κ1) is 6.59. The van der Waals surface area contributed by atoms with Crippen LogP contribution >= 0.6 is 0 Å². The highest BCUT2D eigenvalue weighted by Gasteiger charge is 2.25. The lowest BCUT2D eigenvalue weighted by Crippen LogP contribution is -2.23. The third-order valence-electron chi connectivity index (χ3n) is 2.29. The summed E-state index contributed by atoms with van der Waals surface area (Å²) in [6.07, 6.45) is 1.26. The molecule has 0 amide bonds. The Hall–Kier alpha value is -0.530. The zero-order chi connectivity index (χ0) is 6.85. The maximum atomic E-state index is 3.90. The number of hydrazone groups is 1. The minimum Gasteiger partial charge on any atom is -0.295 e. The van der Waals surface area contributed by atoms with Crippen molar-refractivity contribution >= 4 is 6.72 Å². The molecule has 1 saturated heterocycles. The molecule has 1 aliphatic heterocycles. The third-order valence-corrected chi connectivity index (χ3v) is 2.29. The fourth-order valence-corrected chi connectivity index (χ4v) is 1.27. The third kappa shape index (κ3) is 1.07. The van der Waals surface area contributed by atoms with E-state index >= 15 is 0 Å². The van der Waals surface area contributed by atoms with Crippen LogP contribution in [0.2, 0.25) is 0 Å². The molecule has 0 aromatic carbocycles. The maximum absolute atomic E-state index is 3.90. The predicted octanol–water partition coefficient (Wildman–Crippen LogP) is 1.33. The van der Waals surface area contributed by atoms with Gasteiger partial charge in [0.05, 0.1) is 0 Å². The van der Waals surface area contributed by atoms with Crippen LogP contribution in [0.4, 0.5) is 0 Å². The SMILES string of the molecule is C=NN1CCC(C)[C@H]1C. The second kappa shape index (κ2) is 2.38. The summed E-state index contributed by atoms with van der Waals surface area (Å²) in [7, 11) is 0. The molecular weight excluding hydrogens is 112 g/mol. The smallest absolute Gasteiger partial charge is 0.0468 e. The van der Waals surface area contributed by atoms with Crippen LogP contribution in [0.5, 0.6) is 0 Å². The molecule has 1 unspecified atom stereocenters. The zero-order valence-electron chi connectivity index (χ0n) is 6.17. The van der Waals surface area contributed by atoms with Crippen molar-refractivity contribution in [2.75, 3.05) is 6.54 Å². The van der Waals surface area contributed by atoms with E-state index in [-0.39, 0.29) is 0 Å². The van der Waals surface area contributed by atoms with Crippen molar-refractivity contribution in [2.24, 2.45) is 11.0 Å². The molecule has 0 saturated carbocycles. The lowest BCUT2D eigenvalue weighted by Gasteiger charge is -2.18. The van der Waals surface area contributed by atoms with Gasteiger partial charge in [0.1, 0.15) is 0 Å². The molecule has 1 aliphatic rings. The second-order valence-electron chi connectivity index (χ2n) is 2.81. The van der Waals surface area contributed by atoms with Crippen LogP contribution in [-0.4, -0.2) is 24.3 Å². The molecule has 2 heteroatoms. The van der Waals surface area contributed by atoms with Gasteiger partial charge in [0.25, 0.3) is 0 Å². The van der Waals surface area contributed by atoms with Crippen molar-refractivity contribution in [2.45, 2.75) is 26.3 Å². The van der Waals surface area contributed by atoms with Gasteiger partial charge in [-0.1, -0.05) is 6.92 Å². The van der Waals surface area contributed by atoms with Crippen LogP contribution in [0.1, 0.15) is 20.3 Å². The number of rotatable bonds is 1. The Morgan fingerprint density at radius 1 is 1.56 bits per heavy atom. The van der Waals surface area contributed by atoms with Gasteiger partial charge in [-0.3, -0.25) is 5.01 Å². The van der Waals surface area contributed by atoms with Crippen LogP contribution in [0, 0.1) is 5.92 Å². The average Bonchev–Trinajstić information content (AvgIpc) is 2.15. The van der Waals surface area contributed by atoms with Gasteiger partial charge in [0.15, 0.2) is 0 Å². The number of nitrogens with zero attached hydrogens (tertiary/aromatic N) is 2. The summed E-state index contributed by atoms with van der Waals surface area (Å²) in [6, 6.07) is 0.600. The van der Waals surface area contributed by atoms with Gasteiger partial charge in [-0.15, -0.1) is 0 Å².